The second-order valence-corrected chi connectivity index (χ2v) is 7.18. The van der Waals surface area contributed by atoms with Crippen LogP contribution in [0.5, 0.6) is 5.75 Å². The lowest BCUT2D eigenvalue weighted by Crippen LogP contribution is -2.17. The van der Waals surface area contributed by atoms with Gasteiger partial charge in [0.2, 0.25) is 0 Å². The van der Waals surface area contributed by atoms with E-state index in [1.165, 1.54) is 0 Å². The van der Waals surface area contributed by atoms with Crippen molar-refractivity contribution in [2.24, 2.45) is 5.73 Å². The van der Waals surface area contributed by atoms with E-state index in [1.54, 1.807) is 12.1 Å². The summed E-state index contributed by atoms with van der Waals surface area (Å²) < 4.78 is 23.4. The van der Waals surface area contributed by atoms with Crippen molar-refractivity contribution in [1.82, 2.24) is 0 Å². The van der Waals surface area contributed by atoms with Crippen LogP contribution in [0.15, 0.2) is 17.0 Å². The van der Waals surface area contributed by atoms with E-state index < -0.39 is 9.84 Å². The smallest absolute Gasteiger partial charge is 0.179 e. The molecule has 0 aromatic heterocycles. The van der Waals surface area contributed by atoms with Crippen molar-refractivity contribution in [2.75, 3.05) is 6.26 Å². The van der Waals surface area contributed by atoms with E-state index in [-0.39, 0.29) is 22.6 Å². The van der Waals surface area contributed by atoms with Gasteiger partial charge in [-0.15, -0.1) is 0 Å². The molecule has 0 atom stereocenters. The van der Waals surface area contributed by atoms with Gasteiger partial charge in [-0.3, -0.25) is 0 Å². The number of rotatable bonds is 4. The maximum atomic E-state index is 11.7. The third-order valence-electron chi connectivity index (χ3n) is 3.44. The molecule has 102 valence electrons. The molecule has 0 heterocycles. The van der Waals surface area contributed by atoms with Crippen LogP contribution in [0.2, 0.25) is 0 Å². The van der Waals surface area contributed by atoms with Gasteiger partial charge in [0.25, 0.3) is 0 Å². The summed E-state index contributed by atoms with van der Waals surface area (Å²) in [5.41, 5.74) is 6.75. The molecule has 0 radical (unpaired) electrons. The van der Waals surface area contributed by atoms with Crippen LogP contribution in [0.1, 0.15) is 38.3 Å². The first-order chi connectivity index (χ1) is 8.13. The average Bonchev–Trinajstić information content (AvgIpc) is 2.27. The van der Waals surface area contributed by atoms with Crippen LogP contribution in [-0.4, -0.2) is 19.8 Å². The molecule has 1 aromatic rings. The molecule has 0 aliphatic heterocycles. The van der Waals surface area contributed by atoms with Gasteiger partial charge in [-0.2, -0.15) is 0 Å². The first-order valence-corrected chi connectivity index (χ1v) is 7.79. The Bertz CT molecular complexity index is 548. The molecule has 18 heavy (non-hydrogen) atoms. The van der Waals surface area contributed by atoms with Gasteiger partial charge in [-0.1, -0.05) is 26.8 Å². The van der Waals surface area contributed by atoms with Crippen LogP contribution in [-0.2, 0) is 21.8 Å². The highest BCUT2D eigenvalue weighted by Crippen LogP contribution is 2.35. The Labute approximate surface area is 109 Å². The summed E-state index contributed by atoms with van der Waals surface area (Å²) in [5, 5.41) is 9.93. The standard InChI is InChI=1S/C13H21NO3S/c1-5-13(2,3)10-6-9(8-14)12(15)11(7-10)18(4,16)17/h6-7,15H,5,8,14H2,1-4H3. The molecule has 5 heteroatoms. The molecule has 1 aromatic carbocycles. The highest BCUT2D eigenvalue weighted by Gasteiger charge is 2.24. The zero-order chi connectivity index (χ0) is 14.1. The molecule has 0 aliphatic carbocycles. The molecule has 3 N–H and O–H groups in total. The van der Waals surface area contributed by atoms with Gasteiger partial charge in [0.15, 0.2) is 9.84 Å². The average molecular weight is 271 g/mol. The highest BCUT2D eigenvalue weighted by atomic mass is 32.2. The molecule has 0 unspecified atom stereocenters. The van der Waals surface area contributed by atoms with E-state index in [9.17, 15) is 13.5 Å². The fourth-order valence-corrected chi connectivity index (χ4v) is 2.52. The van der Waals surface area contributed by atoms with Gasteiger partial charge in [0.1, 0.15) is 10.6 Å². The summed E-state index contributed by atoms with van der Waals surface area (Å²) in [6.45, 7) is 6.22. The molecule has 0 saturated carbocycles. The van der Waals surface area contributed by atoms with E-state index >= 15 is 0 Å². The van der Waals surface area contributed by atoms with E-state index in [1.807, 2.05) is 20.8 Å². The normalized spacial score (nSPS) is 12.7. The molecule has 1 rings (SSSR count). The van der Waals surface area contributed by atoms with Crippen LogP contribution < -0.4 is 5.73 Å². The number of phenols is 1. The van der Waals surface area contributed by atoms with Crippen molar-refractivity contribution < 1.29 is 13.5 Å². The summed E-state index contributed by atoms with van der Waals surface area (Å²) in [7, 11) is -3.46. The Morgan fingerprint density at radius 2 is 1.89 bits per heavy atom. The van der Waals surface area contributed by atoms with Gasteiger partial charge in [0.05, 0.1) is 0 Å². The fourth-order valence-electron chi connectivity index (χ4n) is 1.70. The van der Waals surface area contributed by atoms with Crippen LogP contribution in [0.4, 0.5) is 0 Å². The monoisotopic (exact) mass is 271 g/mol. The maximum Gasteiger partial charge on any atom is 0.179 e. The van der Waals surface area contributed by atoms with E-state index in [0.717, 1.165) is 18.2 Å². The molecular weight excluding hydrogens is 250 g/mol. The quantitative estimate of drug-likeness (QED) is 0.877. The Kier molecular flexibility index (Phi) is 4.08. The Hall–Kier alpha value is -1.07. The third kappa shape index (κ3) is 2.84. The molecular formula is C13H21NO3S. The van der Waals surface area contributed by atoms with Gasteiger partial charge in [-0.25, -0.2) is 8.42 Å². The molecule has 0 fully saturated rings. The van der Waals surface area contributed by atoms with Gasteiger partial charge in [0, 0.05) is 18.4 Å². The first-order valence-electron chi connectivity index (χ1n) is 5.90. The largest absolute Gasteiger partial charge is 0.506 e. The van der Waals surface area contributed by atoms with Crippen molar-refractivity contribution in [3.05, 3.63) is 23.3 Å². The Morgan fingerprint density at radius 3 is 2.28 bits per heavy atom. The van der Waals surface area contributed by atoms with Gasteiger partial charge < -0.3 is 10.8 Å². The minimum atomic E-state index is -3.46. The number of phenolic OH excluding ortho intramolecular Hbond substituents is 1. The molecule has 0 saturated heterocycles. The predicted molar refractivity (Wildman–Crippen MR) is 72.4 cm³/mol. The van der Waals surface area contributed by atoms with Crippen LogP contribution >= 0.6 is 0 Å². The molecule has 0 amide bonds. The van der Waals surface area contributed by atoms with Gasteiger partial charge in [-0.05, 0) is 23.5 Å². The van der Waals surface area contributed by atoms with Crippen molar-refractivity contribution in [1.29, 1.82) is 0 Å². The Balaban J connectivity index is 3.61. The topological polar surface area (TPSA) is 80.4 Å². The van der Waals surface area contributed by atoms with E-state index in [0.29, 0.717) is 5.56 Å². The second kappa shape index (κ2) is 4.90. The first kappa shape index (κ1) is 15.0. The van der Waals surface area contributed by atoms with E-state index in [2.05, 4.69) is 0 Å². The van der Waals surface area contributed by atoms with Crippen molar-refractivity contribution >= 4 is 9.84 Å². The third-order valence-corrected chi connectivity index (χ3v) is 4.55. The summed E-state index contributed by atoms with van der Waals surface area (Å²) >= 11 is 0. The van der Waals surface area contributed by atoms with Crippen molar-refractivity contribution in [2.45, 2.75) is 44.0 Å². The number of nitrogens with two attached hydrogens (primary N) is 1. The summed E-state index contributed by atoms with van der Waals surface area (Å²) in [4.78, 5) is -0.0398. The number of hydrogen-bond acceptors (Lipinski definition) is 4. The lowest BCUT2D eigenvalue weighted by atomic mass is 9.81. The van der Waals surface area contributed by atoms with Crippen molar-refractivity contribution in [3.8, 4) is 5.75 Å². The zero-order valence-corrected chi connectivity index (χ0v) is 12.1. The molecule has 4 nitrogen and oxygen atoms in total. The van der Waals surface area contributed by atoms with Gasteiger partial charge >= 0.3 is 0 Å². The zero-order valence-electron chi connectivity index (χ0n) is 11.3. The van der Waals surface area contributed by atoms with Crippen LogP contribution in [0.25, 0.3) is 0 Å². The summed E-state index contributed by atoms with van der Waals surface area (Å²) in [5.74, 6) is -0.226. The van der Waals surface area contributed by atoms with Crippen molar-refractivity contribution in [3.63, 3.8) is 0 Å². The SMILES string of the molecule is CCC(C)(C)c1cc(CN)c(O)c(S(C)(=O)=O)c1. The Morgan fingerprint density at radius 1 is 1.33 bits per heavy atom. The minimum Gasteiger partial charge on any atom is -0.506 e. The molecule has 0 spiro atoms. The number of hydrogen-bond donors (Lipinski definition) is 2. The summed E-state index contributed by atoms with van der Waals surface area (Å²) in [6.07, 6.45) is 1.95. The maximum absolute atomic E-state index is 11.7. The number of aromatic hydroxyl groups is 1. The summed E-state index contributed by atoms with van der Waals surface area (Å²) in [6, 6.07) is 3.33. The number of benzene rings is 1. The molecule has 0 bridgehead atoms. The second-order valence-electron chi connectivity index (χ2n) is 5.20. The fraction of sp³-hybridized carbons (Fsp3) is 0.538. The van der Waals surface area contributed by atoms with Crippen LogP contribution in [0, 0.1) is 0 Å². The lowest BCUT2D eigenvalue weighted by molar-refractivity contribution is 0.447. The molecule has 0 aliphatic rings. The van der Waals surface area contributed by atoms with Crippen LogP contribution in [0.3, 0.4) is 0 Å². The van der Waals surface area contributed by atoms with E-state index in [4.69, 9.17) is 5.73 Å². The highest BCUT2D eigenvalue weighted by molar-refractivity contribution is 7.90. The lowest BCUT2D eigenvalue weighted by Gasteiger charge is -2.25. The predicted octanol–water partition coefficient (Wildman–Crippen LogP) is 1.94. The number of sulfone groups is 1. The minimum absolute atomic E-state index is 0.0398.